The van der Waals surface area contributed by atoms with Crippen LogP contribution in [0, 0.1) is 0 Å². The summed E-state index contributed by atoms with van der Waals surface area (Å²) in [6.07, 6.45) is 3.86. The summed E-state index contributed by atoms with van der Waals surface area (Å²) in [5, 5.41) is 13.8. The number of rotatable bonds is 9. The number of primary amides is 1. The van der Waals surface area contributed by atoms with E-state index in [1.807, 2.05) is 30.3 Å². The van der Waals surface area contributed by atoms with Crippen LogP contribution in [0.25, 0.3) is 5.69 Å². The Kier molecular flexibility index (Phi) is 7.74. The third kappa shape index (κ3) is 6.25. The number of hydrogen-bond donors (Lipinski definition) is 2. The topological polar surface area (TPSA) is 116 Å². The van der Waals surface area contributed by atoms with Crippen molar-refractivity contribution in [2.45, 2.75) is 32.6 Å². The Morgan fingerprint density at radius 3 is 2.19 bits per heavy atom. The molecule has 2 heterocycles. The number of aliphatic hydroxyl groups excluding tert-OH is 1. The van der Waals surface area contributed by atoms with Crippen LogP contribution < -0.4 is 20.1 Å². The van der Waals surface area contributed by atoms with Gasteiger partial charge in [0.2, 0.25) is 0 Å². The number of nitrogens with two attached hydrogens (primary N) is 1. The zero-order chi connectivity index (χ0) is 26.4. The van der Waals surface area contributed by atoms with E-state index in [9.17, 15) is 4.79 Å². The minimum Gasteiger partial charge on any atom is -0.494 e. The molecule has 0 spiro atoms. The van der Waals surface area contributed by atoms with Gasteiger partial charge in [-0.2, -0.15) is 5.10 Å². The van der Waals surface area contributed by atoms with Crippen molar-refractivity contribution >= 4 is 17.5 Å². The number of carbonyl (C=O) groups is 1. The predicted molar refractivity (Wildman–Crippen MR) is 142 cm³/mol. The number of aliphatic hydroxyl groups is 1. The van der Waals surface area contributed by atoms with Crippen molar-refractivity contribution in [1.29, 1.82) is 0 Å². The number of aromatic nitrogens is 3. The molecule has 2 aromatic heterocycles. The van der Waals surface area contributed by atoms with Gasteiger partial charge >= 0.3 is 6.03 Å². The molecule has 9 nitrogen and oxygen atoms in total. The van der Waals surface area contributed by atoms with Gasteiger partial charge in [-0.3, -0.25) is 4.98 Å². The molecule has 0 atom stereocenters. The average Bonchev–Trinajstić information content (AvgIpc) is 3.32. The quantitative estimate of drug-likeness (QED) is 0.299. The standard InChI is InChI=1S/C28H31N5O4/c1-28(2,3)25-19-26(33(31-25)21-7-9-22(10-8-21)36-18-4-17-34)32(27(29)35)20-5-11-23(12-6-20)37-24-13-15-30-16-14-24/h5-16,19,34H,4,17-18H2,1-3H3,(H2,29,35). The molecule has 4 aromatic rings. The molecule has 0 aliphatic carbocycles. The number of carbonyl (C=O) groups excluding carboxylic acids is 1. The molecule has 3 N–H and O–H groups in total. The summed E-state index contributed by atoms with van der Waals surface area (Å²) < 4.78 is 13.2. The van der Waals surface area contributed by atoms with E-state index in [0.717, 1.165) is 11.4 Å². The Balaban J connectivity index is 1.68. The van der Waals surface area contributed by atoms with Gasteiger partial charge in [0.15, 0.2) is 0 Å². The molecule has 0 saturated heterocycles. The Bertz CT molecular complexity index is 1310. The van der Waals surface area contributed by atoms with Crippen molar-refractivity contribution < 1.29 is 19.4 Å². The third-order valence-electron chi connectivity index (χ3n) is 5.54. The fourth-order valence-electron chi connectivity index (χ4n) is 3.60. The van der Waals surface area contributed by atoms with Gasteiger partial charge in [0.1, 0.15) is 23.1 Å². The molecule has 0 aliphatic rings. The first-order valence-corrected chi connectivity index (χ1v) is 12.0. The van der Waals surface area contributed by atoms with Crippen LogP contribution in [-0.4, -0.2) is 39.1 Å². The molecule has 4 rings (SSSR count). The van der Waals surface area contributed by atoms with Crippen molar-refractivity contribution in [1.82, 2.24) is 14.8 Å². The second kappa shape index (κ2) is 11.1. The lowest BCUT2D eigenvalue weighted by Gasteiger charge is -2.22. The van der Waals surface area contributed by atoms with Gasteiger partial charge in [-0.05, 0) is 60.7 Å². The number of benzene rings is 2. The average molecular weight is 502 g/mol. The molecule has 0 radical (unpaired) electrons. The number of nitrogens with zero attached hydrogens (tertiary/aromatic N) is 4. The SMILES string of the molecule is CC(C)(C)c1cc(N(C(N)=O)c2ccc(Oc3ccncc3)cc2)n(-c2ccc(OCCCO)cc2)n1. The lowest BCUT2D eigenvalue weighted by atomic mass is 9.92. The van der Waals surface area contributed by atoms with E-state index in [-0.39, 0.29) is 12.0 Å². The summed E-state index contributed by atoms with van der Waals surface area (Å²) in [4.78, 5) is 18.2. The highest BCUT2D eigenvalue weighted by atomic mass is 16.5. The van der Waals surface area contributed by atoms with Gasteiger partial charge in [0, 0.05) is 36.9 Å². The summed E-state index contributed by atoms with van der Waals surface area (Å²) >= 11 is 0. The smallest absolute Gasteiger partial charge is 0.325 e. The van der Waals surface area contributed by atoms with E-state index in [1.165, 1.54) is 4.90 Å². The van der Waals surface area contributed by atoms with Crippen molar-refractivity contribution in [3.05, 3.63) is 84.8 Å². The van der Waals surface area contributed by atoms with Gasteiger partial charge in [-0.25, -0.2) is 14.4 Å². The van der Waals surface area contributed by atoms with Gasteiger partial charge in [0.05, 0.1) is 23.7 Å². The summed E-state index contributed by atoms with van der Waals surface area (Å²) in [6, 6.07) is 19.2. The first-order valence-electron chi connectivity index (χ1n) is 12.0. The number of ether oxygens (including phenoxy) is 2. The molecular weight excluding hydrogens is 470 g/mol. The lowest BCUT2D eigenvalue weighted by Crippen LogP contribution is -2.33. The van der Waals surface area contributed by atoms with E-state index in [2.05, 4.69) is 25.8 Å². The molecule has 0 bridgehead atoms. The zero-order valence-electron chi connectivity index (χ0n) is 21.2. The minimum absolute atomic E-state index is 0.0735. The van der Waals surface area contributed by atoms with Crippen molar-refractivity contribution in [3.8, 4) is 22.9 Å². The summed E-state index contributed by atoms with van der Waals surface area (Å²) in [7, 11) is 0. The summed E-state index contributed by atoms with van der Waals surface area (Å²) in [5.74, 6) is 2.46. The number of pyridine rings is 1. The first kappa shape index (κ1) is 25.7. The molecule has 0 unspecified atom stereocenters. The van der Waals surface area contributed by atoms with Crippen molar-refractivity contribution in [3.63, 3.8) is 0 Å². The largest absolute Gasteiger partial charge is 0.494 e. The fourth-order valence-corrected chi connectivity index (χ4v) is 3.60. The molecule has 0 saturated carbocycles. The second-order valence-electron chi connectivity index (χ2n) is 9.42. The van der Waals surface area contributed by atoms with Crippen LogP contribution in [0.4, 0.5) is 16.3 Å². The molecule has 37 heavy (non-hydrogen) atoms. The number of anilines is 2. The Labute approximate surface area is 216 Å². The monoisotopic (exact) mass is 501 g/mol. The van der Waals surface area contributed by atoms with Gasteiger partial charge in [0.25, 0.3) is 0 Å². The Morgan fingerprint density at radius 2 is 1.59 bits per heavy atom. The van der Waals surface area contributed by atoms with E-state index in [1.54, 1.807) is 53.5 Å². The Morgan fingerprint density at radius 1 is 0.973 bits per heavy atom. The molecule has 0 aliphatic heterocycles. The maximum absolute atomic E-state index is 12.7. The van der Waals surface area contributed by atoms with Crippen LogP contribution in [-0.2, 0) is 5.41 Å². The highest BCUT2D eigenvalue weighted by Crippen LogP contribution is 2.34. The predicted octanol–water partition coefficient (Wildman–Crippen LogP) is 5.34. The molecule has 2 aromatic carbocycles. The van der Waals surface area contributed by atoms with Gasteiger partial charge < -0.3 is 20.3 Å². The van der Waals surface area contributed by atoms with Crippen LogP contribution >= 0.6 is 0 Å². The lowest BCUT2D eigenvalue weighted by molar-refractivity contribution is 0.233. The third-order valence-corrected chi connectivity index (χ3v) is 5.54. The number of amides is 2. The van der Waals surface area contributed by atoms with E-state index in [4.69, 9.17) is 25.4 Å². The summed E-state index contributed by atoms with van der Waals surface area (Å²) in [6.45, 7) is 6.67. The molecule has 192 valence electrons. The van der Waals surface area contributed by atoms with Crippen molar-refractivity contribution in [2.24, 2.45) is 5.73 Å². The number of urea groups is 1. The van der Waals surface area contributed by atoms with E-state index in [0.29, 0.717) is 41.8 Å². The van der Waals surface area contributed by atoms with Crippen LogP contribution in [0.3, 0.4) is 0 Å². The van der Waals surface area contributed by atoms with Crippen LogP contribution in [0.15, 0.2) is 79.1 Å². The maximum atomic E-state index is 12.7. The summed E-state index contributed by atoms with van der Waals surface area (Å²) in [5.41, 5.74) is 7.73. The second-order valence-corrected chi connectivity index (χ2v) is 9.42. The minimum atomic E-state index is -0.645. The highest BCUT2D eigenvalue weighted by Gasteiger charge is 2.26. The van der Waals surface area contributed by atoms with Crippen molar-refractivity contribution in [2.75, 3.05) is 18.1 Å². The van der Waals surface area contributed by atoms with E-state index >= 15 is 0 Å². The van der Waals surface area contributed by atoms with Gasteiger partial charge in [-0.1, -0.05) is 20.8 Å². The van der Waals surface area contributed by atoms with Crippen LogP contribution in [0.2, 0.25) is 0 Å². The van der Waals surface area contributed by atoms with E-state index < -0.39 is 6.03 Å². The molecule has 2 amide bonds. The fraction of sp³-hybridized carbons (Fsp3) is 0.250. The normalized spacial score (nSPS) is 11.2. The molecular formula is C28H31N5O4. The van der Waals surface area contributed by atoms with Crippen LogP contribution in [0.5, 0.6) is 17.2 Å². The maximum Gasteiger partial charge on any atom is 0.325 e. The van der Waals surface area contributed by atoms with Crippen LogP contribution in [0.1, 0.15) is 32.9 Å². The molecule has 0 fully saturated rings. The number of hydrogen-bond acceptors (Lipinski definition) is 6. The zero-order valence-corrected chi connectivity index (χ0v) is 21.2. The highest BCUT2D eigenvalue weighted by molar-refractivity contribution is 5.98. The molecule has 9 heteroatoms. The first-order chi connectivity index (χ1) is 17.8. The Hall–Kier alpha value is -4.37. The van der Waals surface area contributed by atoms with Gasteiger partial charge in [-0.15, -0.1) is 0 Å².